The third-order valence-corrected chi connectivity index (χ3v) is 4.56. The average Bonchev–Trinajstić information content (AvgIpc) is 2.68. The number of imidazole rings is 1. The first-order valence-corrected chi connectivity index (χ1v) is 6.52. The van der Waals surface area contributed by atoms with Crippen molar-refractivity contribution >= 4 is 17.5 Å². The van der Waals surface area contributed by atoms with Crippen molar-refractivity contribution in [2.45, 2.75) is 49.2 Å². The lowest BCUT2D eigenvalue weighted by molar-refractivity contribution is 0.0959. The van der Waals surface area contributed by atoms with Crippen molar-refractivity contribution in [3.63, 3.8) is 0 Å². The van der Waals surface area contributed by atoms with Gasteiger partial charge in [-0.3, -0.25) is 9.36 Å². The van der Waals surface area contributed by atoms with E-state index in [1.165, 1.54) is 11.8 Å². The van der Waals surface area contributed by atoms with Gasteiger partial charge in [-0.15, -0.1) is 4.91 Å². The number of rotatable bonds is 1. The minimum Gasteiger partial charge on any atom is -0.292 e. The Morgan fingerprint density at radius 1 is 1.47 bits per heavy atom. The maximum absolute atomic E-state index is 12.0. The minimum absolute atomic E-state index is 0.0944. The van der Waals surface area contributed by atoms with Gasteiger partial charge in [-0.05, 0) is 31.9 Å². The normalized spacial score (nSPS) is 25.5. The number of aryl methyl sites for hydroxylation is 1. The molecule has 0 aromatic carbocycles. The summed E-state index contributed by atoms with van der Waals surface area (Å²) >= 11 is 1.53. The molecule has 90 valence electrons. The van der Waals surface area contributed by atoms with Crippen LogP contribution in [0.3, 0.4) is 0 Å². The molecule has 3 rings (SSSR count). The molecule has 1 aromatic heterocycles. The minimum atomic E-state index is -0.527. The molecule has 0 fully saturated rings. The van der Waals surface area contributed by atoms with Gasteiger partial charge in [0.2, 0.25) is 0 Å². The number of hydrogen-bond donors (Lipinski definition) is 0. The van der Waals surface area contributed by atoms with E-state index >= 15 is 0 Å². The summed E-state index contributed by atoms with van der Waals surface area (Å²) in [5.41, 5.74) is 1.46. The van der Waals surface area contributed by atoms with E-state index in [4.69, 9.17) is 0 Å². The molecule has 0 saturated carbocycles. The Bertz CT molecular complexity index is 521. The number of hydrogen-bond acceptors (Lipinski definition) is 5. The summed E-state index contributed by atoms with van der Waals surface area (Å²) in [5.74, 6) is 0.0944. The maximum Gasteiger partial charge on any atom is 0.184 e. The van der Waals surface area contributed by atoms with Crippen molar-refractivity contribution in [3.05, 3.63) is 16.3 Å². The highest BCUT2D eigenvalue weighted by atomic mass is 32.2. The van der Waals surface area contributed by atoms with Crippen LogP contribution in [0.4, 0.5) is 0 Å². The molecule has 1 aliphatic carbocycles. The summed E-state index contributed by atoms with van der Waals surface area (Å²) < 4.78 is 1.42. The third-order valence-electron chi connectivity index (χ3n) is 3.35. The van der Waals surface area contributed by atoms with Crippen LogP contribution in [0.2, 0.25) is 0 Å². The highest BCUT2D eigenvalue weighted by Crippen LogP contribution is 2.50. The van der Waals surface area contributed by atoms with Crippen LogP contribution in [0.1, 0.15) is 49.0 Å². The van der Waals surface area contributed by atoms with Crippen LogP contribution in [0.15, 0.2) is 10.3 Å². The number of nitroso groups, excluding NO2 is 1. The SMILES string of the molecule is CC1(C)Sc2nc3c(n2C1N=O)C(=O)CCC3. The van der Waals surface area contributed by atoms with Gasteiger partial charge in [0.15, 0.2) is 17.1 Å². The first kappa shape index (κ1) is 11.0. The number of carbonyl (C=O) groups is 1. The summed E-state index contributed by atoms with van der Waals surface area (Å²) in [5, 5.41) is 3.96. The molecular weight excluding hydrogens is 238 g/mol. The Hall–Kier alpha value is -1.17. The van der Waals surface area contributed by atoms with Crippen molar-refractivity contribution in [3.8, 4) is 0 Å². The number of carbonyl (C=O) groups excluding carboxylic acids is 1. The quantitative estimate of drug-likeness (QED) is 0.719. The fourth-order valence-electron chi connectivity index (χ4n) is 2.53. The number of ketones is 1. The van der Waals surface area contributed by atoms with E-state index in [0.29, 0.717) is 12.1 Å². The van der Waals surface area contributed by atoms with Gasteiger partial charge in [0.25, 0.3) is 0 Å². The Morgan fingerprint density at radius 2 is 2.24 bits per heavy atom. The monoisotopic (exact) mass is 251 g/mol. The molecule has 6 heteroatoms. The number of Topliss-reactive ketones (excluding diaryl/α,β-unsaturated/α-hetero) is 1. The molecule has 0 N–H and O–H groups in total. The number of thioether (sulfide) groups is 1. The molecule has 0 bridgehead atoms. The van der Waals surface area contributed by atoms with E-state index in [0.717, 1.165) is 23.7 Å². The van der Waals surface area contributed by atoms with Crippen molar-refractivity contribution in [1.82, 2.24) is 9.55 Å². The van der Waals surface area contributed by atoms with Gasteiger partial charge in [0, 0.05) is 6.42 Å². The van der Waals surface area contributed by atoms with E-state index in [1.807, 2.05) is 13.8 Å². The second kappa shape index (κ2) is 3.41. The molecule has 2 aliphatic rings. The van der Waals surface area contributed by atoms with Crippen LogP contribution in [-0.4, -0.2) is 20.1 Å². The number of nitrogens with zero attached hydrogens (tertiary/aromatic N) is 3. The first-order chi connectivity index (χ1) is 8.04. The fourth-order valence-corrected chi connectivity index (χ4v) is 3.70. The average molecular weight is 251 g/mol. The Kier molecular flexibility index (Phi) is 2.20. The van der Waals surface area contributed by atoms with Crippen molar-refractivity contribution in [1.29, 1.82) is 0 Å². The largest absolute Gasteiger partial charge is 0.292 e. The van der Waals surface area contributed by atoms with Crippen LogP contribution >= 0.6 is 11.8 Å². The van der Waals surface area contributed by atoms with Crippen LogP contribution in [0.5, 0.6) is 0 Å². The van der Waals surface area contributed by atoms with Gasteiger partial charge in [0.1, 0.15) is 5.69 Å². The summed E-state index contributed by atoms with van der Waals surface area (Å²) in [6.45, 7) is 3.91. The summed E-state index contributed by atoms with van der Waals surface area (Å²) in [4.78, 5) is 27.5. The Labute approximate surface area is 103 Å². The molecule has 5 nitrogen and oxygen atoms in total. The first-order valence-electron chi connectivity index (χ1n) is 5.70. The van der Waals surface area contributed by atoms with Gasteiger partial charge in [-0.1, -0.05) is 11.8 Å². The lowest BCUT2D eigenvalue weighted by Gasteiger charge is -2.22. The molecule has 1 atom stereocenters. The fraction of sp³-hybridized carbons (Fsp3) is 0.636. The van der Waals surface area contributed by atoms with Crippen LogP contribution in [0, 0.1) is 4.91 Å². The highest BCUT2D eigenvalue weighted by molar-refractivity contribution is 8.00. The second-order valence-electron chi connectivity index (χ2n) is 5.02. The van der Waals surface area contributed by atoms with E-state index in [2.05, 4.69) is 10.2 Å². The molecule has 1 aromatic rings. The smallest absolute Gasteiger partial charge is 0.184 e. The Balaban J connectivity index is 2.20. The number of aromatic nitrogens is 2. The van der Waals surface area contributed by atoms with Crippen molar-refractivity contribution in [2.24, 2.45) is 5.18 Å². The summed E-state index contributed by atoms with van der Waals surface area (Å²) in [7, 11) is 0. The summed E-state index contributed by atoms with van der Waals surface area (Å²) in [6.07, 6.45) is 1.71. The molecule has 1 unspecified atom stereocenters. The van der Waals surface area contributed by atoms with E-state index in [-0.39, 0.29) is 10.5 Å². The van der Waals surface area contributed by atoms with Crippen LogP contribution in [0.25, 0.3) is 0 Å². The van der Waals surface area contributed by atoms with E-state index < -0.39 is 6.17 Å². The molecule has 0 radical (unpaired) electrons. The van der Waals surface area contributed by atoms with Crippen molar-refractivity contribution < 1.29 is 4.79 Å². The van der Waals surface area contributed by atoms with Crippen LogP contribution < -0.4 is 0 Å². The predicted octanol–water partition coefficient (Wildman–Crippen LogP) is 2.55. The van der Waals surface area contributed by atoms with Crippen molar-refractivity contribution in [2.75, 3.05) is 0 Å². The zero-order valence-electron chi connectivity index (χ0n) is 9.77. The highest BCUT2D eigenvalue weighted by Gasteiger charge is 2.46. The predicted molar refractivity (Wildman–Crippen MR) is 64.3 cm³/mol. The maximum atomic E-state index is 12.0. The van der Waals surface area contributed by atoms with Gasteiger partial charge in [0.05, 0.1) is 10.4 Å². The topological polar surface area (TPSA) is 64.3 Å². The van der Waals surface area contributed by atoms with Gasteiger partial charge >= 0.3 is 0 Å². The standard InChI is InChI=1S/C11H13N3O2S/c1-11(2)9(13-16)14-8-6(12-10(14)17-11)4-3-5-7(8)15/h9H,3-5H2,1-2H3. The molecule has 17 heavy (non-hydrogen) atoms. The lowest BCUT2D eigenvalue weighted by atomic mass is 9.99. The number of fused-ring (bicyclic) bond motifs is 3. The van der Waals surface area contributed by atoms with Gasteiger partial charge < -0.3 is 0 Å². The third kappa shape index (κ3) is 1.40. The van der Waals surface area contributed by atoms with Crippen LogP contribution in [-0.2, 0) is 6.42 Å². The van der Waals surface area contributed by atoms with E-state index in [9.17, 15) is 9.70 Å². The van der Waals surface area contributed by atoms with Gasteiger partial charge in [-0.25, -0.2) is 4.98 Å². The summed E-state index contributed by atoms with van der Waals surface area (Å²) in [6, 6.07) is 0. The molecule has 2 heterocycles. The van der Waals surface area contributed by atoms with Gasteiger partial charge in [-0.2, -0.15) is 0 Å². The zero-order chi connectivity index (χ0) is 12.2. The van der Waals surface area contributed by atoms with E-state index in [1.54, 1.807) is 4.57 Å². The molecular formula is C11H13N3O2S. The second-order valence-corrected chi connectivity index (χ2v) is 6.64. The molecule has 1 aliphatic heterocycles. The molecule has 0 saturated heterocycles. The Morgan fingerprint density at radius 3 is 2.94 bits per heavy atom. The lowest BCUT2D eigenvalue weighted by Crippen LogP contribution is -2.26. The zero-order valence-corrected chi connectivity index (χ0v) is 10.6. The molecule has 0 amide bonds. The molecule has 0 spiro atoms.